The Hall–Kier alpha value is -2.18. The lowest BCUT2D eigenvalue weighted by Crippen LogP contribution is -2.09. The Morgan fingerprint density at radius 1 is 1.33 bits per heavy atom. The van der Waals surface area contributed by atoms with Crippen molar-refractivity contribution >= 4 is 11.8 Å². The van der Waals surface area contributed by atoms with Crippen LogP contribution in [-0.2, 0) is 6.54 Å². The molecule has 0 aromatic carbocycles. The van der Waals surface area contributed by atoms with E-state index >= 15 is 0 Å². The second-order valence-corrected chi connectivity index (χ2v) is 3.91. The molecule has 2 aromatic rings. The molecule has 0 bridgehead atoms. The Balaban J connectivity index is 1.81. The molecule has 7 nitrogen and oxygen atoms in total. The highest BCUT2D eigenvalue weighted by atomic mass is 15.4. The minimum atomic E-state index is 0.633. The van der Waals surface area contributed by atoms with Crippen molar-refractivity contribution in [3.05, 3.63) is 24.2 Å². The van der Waals surface area contributed by atoms with E-state index in [1.54, 1.807) is 6.20 Å². The number of aryl methyl sites for hydroxylation is 2. The molecule has 0 saturated carbocycles. The molecule has 2 heterocycles. The van der Waals surface area contributed by atoms with Gasteiger partial charge in [0.1, 0.15) is 5.82 Å². The summed E-state index contributed by atoms with van der Waals surface area (Å²) in [7, 11) is 1.81. The zero-order chi connectivity index (χ0) is 12.8. The summed E-state index contributed by atoms with van der Waals surface area (Å²) in [5.41, 5.74) is 0.938. The van der Waals surface area contributed by atoms with Gasteiger partial charge in [-0.05, 0) is 13.3 Å². The monoisotopic (exact) mass is 247 g/mol. The smallest absolute Gasteiger partial charge is 0.224 e. The summed E-state index contributed by atoms with van der Waals surface area (Å²) in [6.45, 7) is 3.62. The molecule has 7 heteroatoms. The Morgan fingerprint density at radius 2 is 2.22 bits per heavy atom. The van der Waals surface area contributed by atoms with Crippen molar-refractivity contribution in [1.29, 1.82) is 0 Å². The predicted molar refractivity (Wildman–Crippen MR) is 69.4 cm³/mol. The topological polar surface area (TPSA) is 80.5 Å². The molecule has 0 radical (unpaired) electrons. The molecule has 0 saturated heterocycles. The fourth-order valence-electron chi connectivity index (χ4n) is 1.58. The fraction of sp³-hybridized carbons (Fsp3) is 0.455. The van der Waals surface area contributed by atoms with E-state index in [9.17, 15) is 0 Å². The molecule has 2 N–H and O–H groups in total. The van der Waals surface area contributed by atoms with Crippen molar-refractivity contribution in [2.24, 2.45) is 0 Å². The van der Waals surface area contributed by atoms with Gasteiger partial charge in [0.2, 0.25) is 5.95 Å². The summed E-state index contributed by atoms with van der Waals surface area (Å²) in [5.74, 6) is 1.47. The first-order valence-corrected chi connectivity index (χ1v) is 5.89. The normalized spacial score (nSPS) is 10.3. The molecule has 0 fully saturated rings. The maximum atomic E-state index is 4.32. The number of rotatable bonds is 6. The van der Waals surface area contributed by atoms with E-state index < -0.39 is 0 Å². The van der Waals surface area contributed by atoms with Gasteiger partial charge in [-0.1, -0.05) is 5.21 Å². The first-order chi connectivity index (χ1) is 8.78. The third-order valence-electron chi connectivity index (χ3n) is 2.42. The lowest BCUT2D eigenvalue weighted by atomic mass is 10.4. The van der Waals surface area contributed by atoms with Crippen LogP contribution in [0.3, 0.4) is 0 Å². The summed E-state index contributed by atoms with van der Waals surface area (Å²) in [5, 5.41) is 13.9. The molecule has 0 atom stereocenters. The molecular weight excluding hydrogens is 230 g/mol. The van der Waals surface area contributed by atoms with E-state index in [4.69, 9.17) is 0 Å². The number of hydrogen-bond donors (Lipinski definition) is 2. The second kappa shape index (κ2) is 5.95. The van der Waals surface area contributed by atoms with E-state index in [-0.39, 0.29) is 0 Å². The van der Waals surface area contributed by atoms with Crippen LogP contribution in [0.4, 0.5) is 11.8 Å². The zero-order valence-electron chi connectivity index (χ0n) is 10.6. The minimum absolute atomic E-state index is 0.633. The molecule has 0 aliphatic carbocycles. The Kier molecular flexibility index (Phi) is 4.06. The molecule has 2 aromatic heterocycles. The highest BCUT2D eigenvalue weighted by molar-refractivity contribution is 5.41. The van der Waals surface area contributed by atoms with E-state index in [1.807, 2.05) is 30.9 Å². The van der Waals surface area contributed by atoms with E-state index in [2.05, 4.69) is 30.9 Å². The van der Waals surface area contributed by atoms with Crippen molar-refractivity contribution < 1.29 is 0 Å². The van der Waals surface area contributed by atoms with Crippen LogP contribution in [0, 0.1) is 6.92 Å². The van der Waals surface area contributed by atoms with Crippen LogP contribution in [-0.4, -0.2) is 38.6 Å². The Bertz CT molecular complexity index is 480. The largest absolute Gasteiger partial charge is 0.370 e. The average molecular weight is 247 g/mol. The third-order valence-corrected chi connectivity index (χ3v) is 2.42. The summed E-state index contributed by atoms with van der Waals surface area (Å²) >= 11 is 0. The van der Waals surface area contributed by atoms with Crippen LogP contribution >= 0.6 is 0 Å². The molecule has 0 unspecified atom stereocenters. The predicted octanol–water partition coefficient (Wildman–Crippen LogP) is 0.920. The molecular formula is C11H17N7. The lowest BCUT2D eigenvalue weighted by molar-refractivity contribution is 0.569. The average Bonchev–Trinajstić information content (AvgIpc) is 2.87. The maximum Gasteiger partial charge on any atom is 0.224 e. The van der Waals surface area contributed by atoms with Crippen LogP contribution in [0.1, 0.15) is 12.1 Å². The lowest BCUT2D eigenvalue weighted by Gasteiger charge is -2.08. The van der Waals surface area contributed by atoms with Crippen molar-refractivity contribution in [3.63, 3.8) is 0 Å². The van der Waals surface area contributed by atoms with Gasteiger partial charge in [-0.15, -0.1) is 5.10 Å². The van der Waals surface area contributed by atoms with Gasteiger partial charge in [0.15, 0.2) is 0 Å². The summed E-state index contributed by atoms with van der Waals surface area (Å²) in [6, 6.07) is 1.93. The van der Waals surface area contributed by atoms with Gasteiger partial charge in [-0.3, -0.25) is 4.68 Å². The second-order valence-electron chi connectivity index (χ2n) is 3.91. The van der Waals surface area contributed by atoms with Crippen LogP contribution in [0.5, 0.6) is 0 Å². The summed E-state index contributed by atoms with van der Waals surface area (Å²) < 4.78 is 1.81. The van der Waals surface area contributed by atoms with Gasteiger partial charge < -0.3 is 10.6 Å². The van der Waals surface area contributed by atoms with Gasteiger partial charge in [-0.25, -0.2) is 4.98 Å². The van der Waals surface area contributed by atoms with Crippen molar-refractivity contribution in [2.75, 3.05) is 24.2 Å². The zero-order valence-corrected chi connectivity index (χ0v) is 10.6. The number of hydrogen-bond acceptors (Lipinski definition) is 6. The molecule has 18 heavy (non-hydrogen) atoms. The standard InChI is InChI=1S/C11H17N7/c1-9-8-10(16-11(12-2)15-9)13-4-3-6-18-7-5-14-17-18/h5,7-8H,3-4,6H2,1-2H3,(H2,12,13,15,16). The molecule has 0 amide bonds. The van der Waals surface area contributed by atoms with Crippen LogP contribution in [0.2, 0.25) is 0 Å². The summed E-state index contributed by atoms with van der Waals surface area (Å²) in [4.78, 5) is 8.56. The van der Waals surface area contributed by atoms with Crippen molar-refractivity contribution in [3.8, 4) is 0 Å². The number of anilines is 2. The highest BCUT2D eigenvalue weighted by Gasteiger charge is 2.00. The van der Waals surface area contributed by atoms with Crippen LogP contribution in [0.25, 0.3) is 0 Å². The number of nitrogens with one attached hydrogen (secondary N) is 2. The van der Waals surface area contributed by atoms with Crippen molar-refractivity contribution in [1.82, 2.24) is 25.0 Å². The highest BCUT2D eigenvalue weighted by Crippen LogP contribution is 2.08. The Morgan fingerprint density at radius 3 is 2.94 bits per heavy atom. The van der Waals surface area contributed by atoms with E-state index in [0.717, 1.165) is 31.0 Å². The molecule has 0 aliphatic rings. The molecule has 0 spiro atoms. The van der Waals surface area contributed by atoms with E-state index in [1.165, 1.54) is 0 Å². The molecule has 96 valence electrons. The SMILES string of the molecule is CNc1nc(C)cc(NCCCn2ccnn2)n1. The third kappa shape index (κ3) is 3.41. The van der Waals surface area contributed by atoms with Gasteiger partial charge >= 0.3 is 0 Å². The van der Waals surface area contributed by atoms with Crippen molar-refractivity contribution in [2.45, 2.75) is 19.9 Å². The first kappa shape index (κ1) is 12.3. The maximum absolute atomic E-state index is 4.32. The number of aromatic nitrogens is 5. The van der Waals surface area contributed by atoms with E-state index in [0.29, 0.717) is 5.95 Å². The van der Waals surface area contributed by atoms with Gasteiger partial charge in [0.05, 0.1) is 6.20 Å². The van der Waals surface area contributed by atoms with Crippen LogP contribution in [0.15, 0.2) is 18.5 Å². The Labute approximate surface area is 106 Å². The first-order valence-electron chi connectivity index (χ1n) is 5.89. The fourth-order valence-corrected chi connectivity index (χ4v) is 1.58. The van der Waals surface area contributed by atoms with Gasteiger partial charge in [0.25, 0.3) is 0 Å². The molecule has 2 rings (SSSR count). The molecule has 0 aliphatic heterocycles. The summed E-state index contributed by atoms with van der Waals surface area (Å²) in [6.07, 6.45) is 4.50. The number of nitrogens with zero attached hydrogens (tertiary/aromatic N) is 5. The van der Waals surface area contributed by atoms with Crippen LogP contribution < -0.4 is 10.6 Å². The van der Waals surface area contributed by atoms with Gasteiger partial charge in [-0.2, -0.15) is 4.98 Å². The quantitative estimate of drug-likeness (QED) is 0.739. The van der Waals surface area contributed by atoms with Gasteiger partial charge in [0, 0.05) is 38.1 Å². The minimum Gasteiger partial charge on any atom is -0.370 e.